The van der Waals surface area contributed by atoms with Crippen LogP contribution in [0.25, 0.3) is 0 Å². The molecule has 28 heavy (non-hydrogen) atoms. The topological polar surface area (TPSA) is 81.1 Å². The molecule has 2 atom stereocenters. The first kappa shape index (κ1) is 18.4. The molecule has 0 fully saturated rings. The molecule has 1 aliphatic rings. The van der Waals surface area contributed by atoms with Crippen molar-refractivity contribution >= 4 is 17.7 Å². The number of carbonyl (C=O) groups excluding carboxylic acids is 1. The summed E-state index contributed by atoms with van der Waals surface area (Å²) in [5.74, 6) is 1.51. The molecule has 0 spiro atoms. The van der Waals surface area contributed by atoms with Gasteiger partial charge in [0.2, 0.25) is 11.1 Å². The van der Waals surface area contributed by atoms with Gasteiger partial charge < -0.3 is 15.5 Å². The van der Waals surface area contributed by atoms with Gasteiger partial charge in [-0.3, -0.25) is 4.79 Å². The first-order valence-corrected chi connectivity index (χ1v) is 9.84. The van der Waals surface area contributed by atoms with E-state index in [1.54, 1.807) is 7.11 Å². The highest BCUT2D eigenvalue weighted by Crippen LogP contribution is 2.36. The summed E-state index contributed by atoms with van der Waals surface area (Å²) in [7, 11) is 1.63. The van der Waals surface area contributed by atoms with Crippen molar-refractivity contribution in [2.24, 2.45) is 0 Å². The van der Waals surface area contributed by atoms with E-state index in [4.69, 9.17) is 4.74 Å². The summed E-state index contributed by atoms with van der Waals surface area (Å²) in [4.78, 5) is 13.0. The molecule has 0 saturated carbocycles. The maximum absolute atomic E-state index is 13.0. The molecule has 1 aliphatic heterocycles. The Kier molecular flexibility index (Phi) is 5.21. The van der Waals surface area contributed by atoms with Crippen LogP contribution in [-0.2, 0) is 11.3 Å². The fourth-order valence-corrected chi connectivity index (χ4v) is 4.25. The number of ether oxygens (including phenoxy) is 1. The predicted molar refractivity (Wildman–Crippen MR) is 108 cm³/mol. The molecule has 0 saturated heterocycles. The Morgan fingerprint density at radius 3 is 2.64 bits per heavy atom. The van der Waals surface area contributed by atoms with Crippen LogP contribution in [0.3, 0.4) is 0 Å². The molecule has 7 nitrogen and oxygen atoms in total. The number of aryl methyl sites for hydroxylation is 1. The fourth-order valence-electron chi connectivity index (χ4n) is 3.10. The predicted octanol–water partition coefficient (Wildman–Crippen LogP) is 2.67. The van der Waals surface area contributed by atoms with Crippen LogP contribution in [0.5, 0.6) is 5.75 Å². The summed E-state index contributed by atoms with van der Waals surface area (Å²) in [6.07, 6.45) is 0. The summed E-state index contributed by atoms with van der Waals surface area (Å²) in [6, 6.07) is 17.4. The quantitative estimate of drug-likeness (QED) is 0.691. The number of fused-ring (bicyclic) bond motifs is 1. The summed E-state index contributed by atoms with van der Waals surface area (Å²) in [5, 5.41) is 11.7. The van der Waals surface area contributed by atoms with E-state index in [1.807, 2.05) is 66.2 Å². The lowest BCUT2D eigenvalue weighted by molar-refractivity contribution is -0.121. The Morgan fingerprint density at radius 1 is 1.18 bits per heavy atom. The lowest BCUT2D eigenvalue weighted by Crippen LogP contribution is -2.44. The minimum absolute atomic E-state index is 0.0472. The van der Waals surface area contributed by atoms with Crippen LogP contribution in [0.1, 0.15) is 23.0 Å². The van der Waals surface area contributed by atoms with Crippen LogP contribution in [-0.4, -0.2) is 33.1 Å². The Bertz CT molecular complexity index is 958. The van der Waals surface area contributed by atoms with E-state index in [1.165, 1.54) is 11.8 Å². The standard InChI is InChI=1S/C20H21N5O2S/c1-13-22-23-20-25(13)24-17(15-6-4-3-5-7-15)18(28-20)19(26)21-12-14-8-10-16(27-2)11-9-14/h3-11,17-18,24H,12H2,1-2H3,(H,21,26)/t17-,18+/m0/s1. The van der Waals surface area contributed by atoms with Gasteiger partial charge in [-0.25, -0.2) is 4.68 Å². The third kappa shape index (κ3) is 3.68. The van der Waals surface area contributed by atoms with E-state index in [0.717, 1.165) is 22.7 Å². The number of hydrogen-bond acceptors (Lipinski definition) is 6. The van der Waals surface area contributed by atoms with E-state index in [-0.39, 0.29) is 17.2 Å². The Balaban J connectivity index is 1.53. The van der Waals surface area contributed by atoms with Gasteiger partial charge in [0.1, 0.15) is 16.8 Å². The number of aromatic nitrogens is 3. The molecule has 3 aromatic rings. The maximum atomic E-state index is 13.0. The number of thioether (sulfide) groups is 1. The van der Waals surface area contributed by atoms with Crippen LogP contribution >= 0.6 is 11.8 Å². The number of benzene rings is 2. The SMILES string of the molecule is COc1ccc(CNC(=O)[C@@H]2Sc3nnc(C)n3N[C@H]2c2ccccc2)cc1. The number of nitrogens with one attached hydrogen (secondary N) is 2. The second kappa shape index (κ2) is 7.93. The highest BCUT2D eigenvalue weighted by atomic mass is 32.2. The number of carbonyl (C=O) groups is 1. The molecule has 8 heteroatoms. The summed E-state index contributed by atoms with van der Waals surface area (Å²) >= 11 is 1.42. The first-order chi connectivity index (χ1) is 13.7. The highest BCUT2D eigenvalue weighted by molar-refractivity contribution is 8.00. The van der Waals surface area contributed by atoms with E-state index in [9.17, 15) is 4.79 Å². The van der Waals surface area contributed by atoms with Crippen molar-refractivity contribution in [2.75, 3.05) is 12.5 Å². The third-order valence-corrected chi connectivity index (χ3v) is 5.86. The molecule has 1 amide bonds. The van der Waals surface area contributed by atoms with Crippen LogP contribution in [0.15, 0.2) is 59.8 Å². The molecule has 144 valence electrons. The molecule has 2 aromatic carbocycles. The molecule has 0 radical (unpaired) electrons. The van der Waals surface area contributed by atoms with E-state index < -0.39 is 0 Å². The molecule has 0 aliphatic carbocycles. The minimum atomic E-state index is -0.364. The number of nitrogens with zero attached hydrogens (tertiary/aromatic N) is 3. The average molecular weight is 395 g/mol. The van der Waals surface area contributed by atoms with Crippen molar-refractivity contribution in [3.05, 3.63) is 71.5 Å². The third-order valence-electron chi connectivity index (χ3n) is 4.64. The van der Waals surface area contributed by atoms with Gasteiger partial charge >= 0.3 is 0 Å². The monoisotopic (exact) mass is 395 g/mol. The zero-order valence-electron chi connectivity index (χ0n) is 15.6. The van der Waals surface area contributed by atoms with Gasteiger partial charge in [0, 0.05) is 6.54 Å². The highest BCUT2D eigenvalue weighted by Gasteiger charge is 2.37. The minimum Gasteiger partial charge on any atom is -0.497 e. The van der Waals surface area contributed by atoms with E-state index in [2.05, 4.69) is 20.9 Å². The number of methoxy groups -OCH3 is 1. The molecule has 2 heterocycles. The van der Waals surface area contributed by atoms with Gasteiger partial charge in [-0.2, -0.15) is 0 Å². The Morgan fingerprint density at radius 2 is 1.93 bits per heavy atom. The van der Waals surface area contributed by atoms with Crippen LogP contribution in [0.2, 0.25) is 0 Å². The summed E-state index contributed by atoms with van der Waals surface area (Å²) < 4.78 is 7.02. The van der Waals surface area contributed by atoms with Gasteiger partial charge in [0.05, 0.1) is 13.2 Å². The molecule has 1 aromatic heterocycles. The molecule has 4 rings (SSSR count). The van der Waals surface area contributed by atoms with Crippen molar-refractivity contribution in [2.45, 2.75) is 29.9 Å². The zero-order chi connectivity index (χ0) is 19.5. The van der Waals surface area contributed by atoms with Gasteiger partial charge in [-0.05, 0) is 30.2 Å². The maximum Gasteiger partial charge on any atom is 0.236 e. The summed E-state index contributed by atoms with van der Waals surface area (Å²) in [5.41, 5.74) is 5.45. The fraction of sp³-hybridized carbons (Fsp3) is 0.250. The van der Waals surface area contributed by atoms with Crippen molar-refractivity contribution in [1.29, 1.82) is 0 Å². The van der Waals surface area contributed by atoms with Crippen LogP contribution in [0.4, 0.5) is 0 Å². The largest absolute Gasteiger partial charge is 0.497 e. The number of rotatable bonds is 5. The number of amides is 1. The van der Waals surface area contributed by atoms with Crippen molar-refractivity contribution in [3.63, 3.8) is 0 Å². The van der Waals surface area contributed by atoms with Crippen molar-refractivity contribution in [3.8, 4) is 5.75 Å². The van der Waals surface area contributed by atoms with E-state index >= 15 is 0 Å². The normalized spacial score (nSPS) is 18.1. The molecular formula is C20H21N5O2S. The van der Waals surface area contributed by atoms with Crippen molar-refractivity contribution < 1.29 is 9.53 Å². The Labute approximate surface area is 167 Å². The summed E-state index contributed by atoms with van der Waals surface area (Å²) in [6.45, 7) is 2.34. The lowest BCUT2D eigenvalue weighted by Gasteiger charge is -2.32. The van der Waals surface area contributed by atoms with Crippen LogP contribution in [0, 0.1) is 6.92 Å². The van der Waals surface area contributed by atoms with Crippen molar-refractivity contribution in [1.82, 2.24) is 20.2 Å². The first-order valence-electron chi connectivity index (χ1n) is 8.96. The van der Waals surface area contributed by atoms with Crippen LogP contribution < -0.4 is 15.5 Å². The molecule has 0 bridgehead atoms. The van der Waals surface area contributed by atoms with Gasteiger partial charge in [-0.1, -0.05) is 54.2 Å². The second-order valence-electron chi connectivity index (χ2n) is 6.49. The Hall–Kier alpha value is -3.00. The molecular weight excluding hydrogens is 374 g/mol. The average Bonchev–Trinajstić information content (AvgIpc) is 3.12. The smallest absolute Gasteiger partial charge is 0.236 e. The van der Waals surface area contributed by atoms with Gasteiger partial charge in [0.15, 0.2) is 0 Å². The molecule has 0 unspecified atom stereocenters. The number of hydrogen-bond donors (Lipinski definition) is 2. The second-order valence-corrected chi connectivity index (χ2v) is 7.60. The molecule has 2 N–H and O–H groups in total. The van der Waals surface area contributed by atoms with E-state index in [0.29, 0.717) is 11.7 Å². The zero-order valence-corrected chi connectivity index (χ0v) is 16.4. The van der Waals surface area contributed by atoms with Gasteiger partial charge in [0.25, 0.3) is 0 Å². The van der Waals surface area contributed by atoms with Gasteiger partial charge in [-0.15, -0.1) is 10.2 Å². The lowest BCUT2D eigenvalue weighted by atomic mass is 10.0.